The fourth-order valence-corrected chi connectivity index (χ4v) is 1.71. The number of aliphatic carboxylic acids is 2. The highest BCUT2D eigenvalue weighted by Crippen LogP contribution is 1.98. The molecule has 0 unspecified atom stereocenters. The Balaban J connectivity index is 1.58. The number of aromatic nitrogens is 6. The Morgan fingerprint density at radius 1 is 0.875 bits per heavy atom. The lowest BCUT2D eigenvalue weighted by atomic mass is 10.5. The van der Waals surface area contributed by atoms with Crippen LogP contribution in [-0.4, -0.2) is 65.4 Å². The van der Waals surface area contributed by atoms with Gasteiger partial charge in [-0.2, -0.15) is 0 Å². The Kier molecular flexibility index (Phi) is 6.33. The number of carbonyl (C=O) groups is 2. The zero-order valence-electron chi connectivity index (χ0n) is 12.6. The van der Waals surface area contributed by atoms with Crippen LogP contribution < -0.4 is 0 Å². The van der Waals surface area contributed by atoms with E-state index in [2.05, 4.69) is 20.6 Å². The van der Waals surface area contributed by atoms with Gasteiger partial charge in [-0.1, -0.05) is 10.4 Å². The number of hydrogen-bond acceptors (Lipinski definition) is 8. The van der Waals surface area contributed by atoms with Crippen molar-refractivity contribution in [3.8, 4) is 0 Å². The van der Waals surface area contributed by atoms with Crippen molar-refractivity contribution in [2.45, 2.75) is 26.3 Å². The first-order valence-corrected chi connectivity index (χ1v) is 6.90. The van der Waals surface area contributed by atoms with Crippen LogP contribution in [0.15, 0.2) is 12.4 Å². The molecule has 130 valence electrons. The second-order valence-corrected chi connectivity index (χ2v) is 4.71. The number of nitrogens with zero attached hydrogens (tertiary/aromatic N) is 6. The predicted molar refractivity (Wildman–Crippen MR) is 74.6 cm³/mol. The molecule has 2 heterocycles. The minimum Gasteiger partial charge on any atom is -0.480 e. The Labute approximate surface area is 135 Å². The fourth-order valence-electron chi connectivity index (χ4n) is 1.71. The highest BCUT2D eigenvalue weighted by atomic mass is 16.5. The lowest BCUT2D eigenvalue weighted by Gasteiger charge is -2.02. The average molecular weight is 340 g/mol. The first-order valence-electron chi connectivity index (χ1n) is 6.90. The average Bonchev–Trinajstić information content (AvgIpc) is 3.11. The van der Waals surface area contributed by atoms with Gasteiger partial charge in [-0.05, 0) is 0 Å². The smallest absolute Gasteiger partial charge is 0.325 e. The van der Waals surface area contributed by atoms with Crippen LogP contribution in [0.2, 0.25) is 0 Å². The molecule has 12 nitrogen and oxygen atoms in total. The van der Waals surface area contributed by atoms with Gasteiger partial charge in [-0.15, -0.1) is 10.2 Å². The summed E-state index contributed by atoms with van der Waals surface area (Å²) in [5, 5.41) is 32.1. The predicted octanol–water partition coefficient (Wildman–Crippen LogP) is -1.23. The number of hydrogen-bond donors (Lipinski definition) is 2. The molecule has 12 heteroatoms. The second-order valence-electron chi connectivity index (χ2n) is 4.71. The number of rotatable bonds is 11. The molecular weight excluding hydrogens is 324 g/mol. The normalized spacial score (nSPS) is 10.8. The van der Waals surface area contributed by atoms with E-state index in [1.807, 2.05) is 0 Å². The number of ether oxygens (including phenoxy) is 2. The second kappa shape index (κ2) is 8.69. The summed E-state index contributed by atoms with van der Waals surface area (Å²) in [7, 11) is 0. The van der Waals surface area contributed by atoms with Crippen molar-refractivity contribution in [1.82, 2.24) is 30.0 Å². The Morgan fingerprint density at radius 3 is 1.67 bits per heavy atom. The maximum Gasteiger partial charge on any atom is 0.325 e. The van der Waals surface area contributed by atoms with Gasteiger partial charge in [0.25, 0.3) is 0 Å². The maximum atomic E-state index is 10.5. The van der Waals surface area contributed by atoms with Gasteiger partial charge in [-0.3, -0.25) is 9.59 Å². The quantitative estimate of drug-likeness (QED) is 0.475. The van der Waals surface area contributed by atoms with Gasteiger partial charge in [0.1, 0.15) is 24.5 Å². The topological polar surface area (TPSA) is 154 Å². The zero-order chi connectivity index (χ0) is 17.4. The van der Waals surface area contributed by atoms with Gasteiger partial charge >= 0.3 is 11.9 Å². The Morgan fingerprint density at radius 2 is 1.29 bits per heavy atom. The van der Waals surface area contributed by atoms with E-state index >= 15 is 0 Å². The molecule has 24 heavy (non-hydrogen) atoms. The zero-order valence-corrected chi connectivity index (χ0v) is 12.6. The molecule has 0 saturated heterocycles. The van der Waals surface area contributed by atoms with Crippen molar-refractivity contribution in [1.29, 1.82) is 0 Å². The van der Waals surface area contributed by atoms with Crippen LogP contribution in [0.1, 0.15) is 11.4 Å². The summed E-state index contributed by atoms with van der Waals surface area (Å²) in [5.74, 6) is -2.00. The molecule has 0 aliphatic heterocycles. The minimum atomic E-state index is -0.999. The summed E-state index contributed by atoms with van der Waals surface area (Å²) in [6.45, 7) is 0.483. The van der Waals surface area contributed by atoms with Gasteiger partial charge < -0.3 is 19.7 Å². The third-order valence-electron chi connectivity index (χ3n) is 2.64. The van der Waals surface area contributed by atoms with E-state index in [-0.39, 0.29) is 26.3 Å². The van der Waals surface area contributed by atoms with Crippen LogP contribution in [0.5, 0.6) is 0 Å². The minimum absolute atomic E-state index is 0.192. The van der Waals surface area contributed by atoms with Crippen molar-refractivity contribution < 1.29 is 29.3 Å². The monoisotopic (exact) mass is 340 g/mol. The van der Waals surface area contributed by atoms with E-state index < -0.39 is 11.9 Å². The summed E-state index contributed by atoms with van der Waals surface area (Å²) >= 11 is 0. The third kappa shape index (κ3) is 6.10. The number of carboxylic acids is 2. The van der Waals surface area contributed by atoms with E-state index in [0.717, 1.165) is 0 Å². The molecule has 0 aliphatic carbocycles. The summed E-state index contributed by atoms with van der Waals surface area (Å²) in [4.78, 5) is 21.0. The molecular formula is C12H16N6O6. The van der Waals surface area contributed by atoms with Crippen LogP contribution in [0.3, 0.4) is 0 Å². The lowest BCUT2D eigenvalue weighted by molar-refractivity contribution is -0.139. The molecule has 0 fully saturated rings. The molecule has 0 bridgehead atoms. The molecule has 0 radical (unpaired) electrons. The third-order valence-corrected chi connectivity index (χ3v) is 2.64. The van der Waals surface area contributed by atoms with E-state index in [1.54, 1.807) is 0 Å². The van der Waals surface area contributed by atoms with Crippen molar-refractivity contribution in [3.05, 3.63) is 23.8 Å². The van der Waals surface area contributed by atoms with E-state index in [9.17, 15) is 9.59 Å². The molecule has 2 N–H and O–H groups in total. The van der Waals surface area contributed by atoms with E-state index in [4.69, 9.17) is 19.7 Å². The van der Waals surface area contributed by atoms with E-state index in [0.29, 0.717) is 24.6 Å². The van der Waals surface area contributed by atoms with Crippen LogP contribution in [0, 0.1) is 0 Å². The van der Waals surface area contributed by atoms with Gasteiger partial charge in [0.05, 0.1) is 38.8 Å². The highest BCUT2D eigenvalue weighted by molar-refractivity contribution is 5.66. The largest absolute Gasteiger partial charge is 0.480 e. The molecule has 2 rings (SSSR count). The summed E-state index contributed by atoms with van der Waals surface area (Å²) in [6, 6.07) is 0. The number of carboxylic acid groups (broad SMARTS) is 2. The van der Waals surface area contributed by atoms with Crippen molar-refractivity contribution in [2.75, 3.05) is 13.2 Å². The molecule has 0 aromatic carbocycles. The van der Waals surface area contributed by atoms with Gasteiger partial charge in [0.15, 0.2) is 0 Å². The van der Waals surface area contributed by atoms with E-state index in [1.165, 1.54) is 21.8 Å². The SMILES string of the molecule is O=C(O)Cn1cc(COCCOCc2cn(CC(=O)O)nn2)nn1. The molecule has 0 spiro atoms. The maximum absolute atomic E-state index is 10.5. The van der Waals surface area contributed by atoms with Crippen LogP contribution >= 0.6 is 0 Å². The first-order chi connectivity index (χ1) is 11.5. The summed E-state index contributed by atoms with van der Waals surface area (Å²) in [6.07, 6.45) is 2.99. The van der Waals surface area contributed by atoms with Gasteiger partial charge in [0.2, 0.25) is 0 Å². The van der Waals surface area contributed by atoms with Crippen molar-refractivity contribution >= 4 is 11.9 Å². The standard InChI is InChI=1S/C12H16N6O6/c19-11(20)5-17-3-9(13-15-17)7-23-1-2-24-8-10-4-18(16-14-10)6-12(21)22/h3-4H,1-2,5-8H2,(H,19,20)(H,21,22). The van der Waals surface area contributed by atoms with Gasteiger partial charge in [-0.25, -0.2) is 9.36 Å². The van der Waals surface area contributed by atoms with Gasteiger partial charge in [0, 0.05) is 0 Å². The fraction of sp³-hybridized carbons (Fsp3) is 0.500. The van der Waals surface area contributed by atoms with Crippen LogP contribution in [-0.2, 0) is 45.4 Å². The first kappa shape index (κ1) is 17.5. The molecule has 0 saturated carbocycles. The lowest BCUT2D eigenvalue weighted by Crippen LogP contribution is -2.09. The van der Waals surface area contributed by atoms with Crippen molar-refractivity contribution in [2.24, 2.45) is 0 Å². The summed E-state index contributed by atoms with van der Waals surface area (Å²) in [5.41, 5.74) is 1.04. The highest BCUT2D eigenvalue weighted by Gasteiger charge is 2.05. The Hall–Kier alpha value is -2.86. The van der Waals surface area contributed by atoms with Crippen LogP contribution in [0.25, 0.3) is 0 Å². The molecule has 0 atom stereocenters. The Bertz CT molecular complexity index is 625. The summed E-state index contributed by atoms with van der Waals surface area (Å²) < 4.78 is 13.1. The molecule has 2 aromatic heterocycles. The molecule has 2 aromatic rings. The van der Waals surface area contributed by atoms with Crippen molar-refractivity contribution in [3.63, 3.8) is 0 Å². The molecule has 0 aliphatic rings. The molecule has 0 amide bonds. The van der Waals surface area contributed by atoms with Crippen LogP contribution in [0.4, 0.5) is 0 Å².